The molecule has 2 aromatic rings. The summed E-state index contributed by atoms with van der Waals surface area (Å²) in [5.74, 6) is 0.856. The van der Waals surface area contributed by atoms with Gasteiger partial charge in [-0.2, -0.15) is 0 Å². The molecule has 0 aliphatic carbocycles. The molecule has 0 unspecified atom stereocenters. The first-order chi connectivity index (χ1) is 9.60. The molecule has 0 aliphatic rings. The van der Waals surface area contributed by atoms with Crippen LogP contribution in [0.25, 0.3) is 0 Å². The molecule has 0 atom stereocenters. The molecule has 0 saturated heterocycles. The Balaban J connectivity index is 2.25. The summed E-state index contributed by atoms with van der Waals surface area (Å²) in [4.78, 5) is 0. The average Bonchev–Trinajstić information content (AvgIpc) is 2.43. The number of rotatable bonds is 5. The van der Waals surface area contributed by atoms with Gasteiger partial charge in [0.1, 0.15) is 17.3 Å². The van der Waals surface area contributed by atoms with Gasteiger partial charge >= 0.3 is 0 Å². The maximum absolute atomic E-state index is 13.5. The van der Waals surface area contributed by atoms with E-state index in [0.29, 0.717) is 16.8 Å². The van der Waals surface area contributed by atoms with Crippen molar-refractivity contribution in [2.75, 3.05) is 6.54 Å². The minimum Gasteiger partial charge on any atom is -0.457 e. The second-order valence-electron chi connectivity index (χ2n) is 4.21. The molecule has 0 bridgehead atoms. The first-order valence-electron chi connectivity index (χ1n) is 6.22. The number of halogens is 3. The minimum absolute atomic E-state index is 0.340. The zero-order chi connectivity index (χ0) is 14.5. The molecule has 0 saturated carbocycles. The van der Waals surface area contributed by atoms with Crippen molar-refractivity contribution in [3.63, 3.8) is 0 Å². The van der Waals surface area contributed by atoms with Crippen LogP contribution in [0.4, 0.5) is 4.39 Å². The van der Waals surface area contributed by atoms with Crippen molar-refractivity contribution < 1.29 is 9.13 Å². The van der Waals surface area contributed by atoms with E-state index in [4.69, 9.17) is 4.74 Å². The van der Waals surface area contributed by atoms with Gasteiger partial charge in [-0.15, -0.1) is 0 Å². The molecule has 2 nitrogen and oxygen atoms in total. The number of nitrogens with one attached hydrogen (secondary N) is 1. The Hall–Kier alpha value is -0.910. The lowest BCUT2D eigenvalue weighted by Gasteiger charge is -2.12. The van der Waals surface area contributed by atoms with E-state index in [0.717, 1.165) is 22.3 Å². The van der Waals surface area contributed by atoms with E-state index in [-0.39, 0.29) is 5.82 Å². The van der Waals surface area contributed by atoms with E-state index < -0.39 is 0 Å². The highest BCUT2D eigenvalue weighted by Gasteiger charge is 2.07. The van der Waals surface area contributed by atoms with Gasteiger partial charge in [0.25, 0.3) is 0 Å². The van der Waals surface area contributed by atoms with Crippen LogP contribution >= 0.6 is 31.9 Å². The molecule has 0 heterocycles. The number of hydrogen-bond donors (Lipinski definition) is 1. The molecular weight excluding hydrogens is 389 g/mol. The van der Waals surface area contributed by atoms with Crippen LogP contribution < -0.4 is 10.1 Å². The number of ether oxygens (including phenoxy) is 1. The van der Waals surface area contributed by atoms with E-state index in [1.807, 2.05) is 25.1 Å². The fraction of sp³-hybridized carbons (Fsp3) is 0.200. The molecule has 1 N–H and O–H groups in total. The molecule has 2 rings (SSSR count). The van der Waals surface area contributed by atoms with Gasteiger partial charge in [0.15, 0.2) is 0 Å². The third-order valence-electron chi connectivity index (χ3n) is 2.71. The molecule has 20 heavy (non-hydrogen) atoms. The second-order valence-corrected chi connectivity index (χ2v) is 5.98. The van der Waals surface area contributed by atoms with Gasteiger partial charge in [0, 0.05) is 22.6 Å². The first-order valence-corrected chi connectivity index (χ1v) is 7.81. The molecule has 0 fully saturated rings. The van der Waals surface area contributed by atoms with Crippen molar-refractivity contribution in [1.29, 1.82) is 0 Å². The van der Waals surface area contributed by atoms with Crippen LogP contribution in [0.3, 0.4) is 0 Å². The van der Waals surface area contributed by atoms with Crippen LogP contribution in [0.15, 0.2) is 45.3 Å². The molecule has 106 valence electrons. The highest BCUT2D eigenvalue weighted by molar-refractivity contribution is 9.10. The van der Waals surface area contributed by atoms with Gasteiger partial charge in [0.2, 0.25) is 0 Å². The van der Waals surface area contributed by atoms with Gasteiger partial charge in [-0.05, 0) is 52.8 Å². The van der Waals surface area contributed by atoms with Crippen molar-refractivity contribution in [2.24, 2.45) is 0 Å². The quantitative estimate of drug-likeness (QED) is 0.737. The summed E-state index contributed by atoms with van der Waals surface area (Å²) < 4.78 is 20.7. The van der Waals surface area contributed by atoms with Gasteiger partial charge in [-0.25, -0.2) is 4.39 Å². The van der Waals surface area contributed by atoms with Crippen molar-refractivity contribution >= 4 is 31.9 Å². The number of hydrogen-bond acceptors (Lipinski definition) is 2. The zero-order valence-electron chi connectivity index (χ0n) is 10.9. The lowest BCUT2D eigenvalue weighted by Crippen LogP contribution is -2.12. The topological polar surface area (TPSA) is 21.3 Å². The van der Waals surface area contributed by atoms with Crippen LogP contribution in [0.2, 0.25) is 0 Å². The molecule has 2 aromatic carbocycles. The Morgan fingerprint density at radius 2 is 1.95 bits per heavy atom. The molecule has 0 aromatic heterocycles. The highest BCUT2D eigenvalue weighted by Crippen LogP contribution is 2.30. The lowest BCUT2D eigenvalue weighted by molar-refractivity contribution is 0.467. The molecule has 0 aliphatic heterocycles. The van der Waals surface area contributed by atoms with Gasteiger partial charge in [-0.1, -0.05) is 22.9 Å². The fourth-order valence-electron chi connectivity index (χ4n) is 1.71. The Morgan fingerprint density at radius 3 is 2.65 bits per heavy atom. The van der Waals surface area contributed by atoms with E-state index in [1.165, 1.54) is 6.07 Å². The zero-order valence-corrected chi connectivity index (χ0v) is 14.1. The molecular formula is C15H14Br2FNO. The van der Waals surface area contributed by atoms with Gasteiger partial charge in [0.05, 0.1) is 4.47 Å². The van der Waals surface area contributed by atoms with Crippen molar-refractivity contribution in [3.8, 4) is 11.5 Å². The van der Waals surface area contributed by atoms with Crippen LogP contribution in [0, 0.1) is 5.82 Å². The Labute approximate surface area is 134 Å². The maximum atomic E-state index is 13.5. The summed E-state index contributed by atoms with van der Waals surface area (Å²) >= 11 is 6.57. The third kappa shape index (κ3) is 4.04. The minimum atomic E-state index is -0.340. The predicted octanol–water partition coefficient (Wildman–Crippen LogP) is 5.25. The summed E-state index contributed by atoms with van der Waals surface area (Å²) in [6.45, 7) is 3.62. The SMILES string of the molecule is CCNCc1cc(Br)ccc1Oc1ccc(Br)c(F)c1. The number of benzene rings is 2. The predicted molar refractivity (Wildman–Crippen MR) is 85.7 cm³/mol. The smallest absolute Gasteiger partial charge is 0.141 e. The summed E-state index contributed by atoms with van der Waals surface area (Å²) in [7, 11) is 0. The highest BCUT2D eigenvalue weighted by atomic mass is 79.9. The maximum Gasteiger partial charge on any atom is 0.141 e. The van der Waals surface area contributed by atoms with Gasteiger partial charge in [-0.3, -0.25) is 0 Å². The third-order valence-corrected chi connectivity index (χ3v) is 3.84. The standard InChI is InChI=1S/C15H14Br2FNO/c1-2-19-9-10-7-11(16)3-6-15(10)20-12-4-5-13(17)14(18)8-12/h3-8,19H,2,9H2,1H3. The van der Waals surface area contributed by atoms with Crippen LogP contribution in [0.1, 0.15) is 12.5 Å². The Morgan fingerprint density at radius 1 is 1.15 bits per heavy atom. The lowest BCUT2D eigenvalue weighted by atomic mass is 10.2. The molecule has 0 radical (unpaired) electrons. The summed E-state index contributed by atoms with van der Waals surface area (Å²) in [5, 5.41) is 3.26. The van der Waals surface area contributed by atoms with Gasteiger partial charge < -0.3 is 10.1 Å². The normalized spacial score (nSPS) is 10.6. The average molecular weight is 403 g/mol. The van der Waals surface area contributed by atoms with Crippen molar-refractivity contribution in [2.45, 2.75) is 13.5 Å². The Bertz CT molecular complexity index is 604. The summed E-state index contributed by atoms with van der Waals surface area (Å²) in [5.41, 5.74) is 1.02. The Kier molecular flexibility index (Phi) is 5.57. The largest absolute Gasteiger partial charge is 0.457 e. The first kappa shape index (κ1) is 15.5. The second kappa shape index (κ2) is 7.20. The molecule has 0 amide bonds. The fourth-order valence-corrected chi connectivity index (χ4v) is 2.37. The molecule has 0 spiro atoms. The van der Waals surface area contributed by atoms with E-state index >= 15 is 0 Å². The monoisotopic (exact) mass is 401 g/mol. The van der Waals surface area contributed by atoms with Crippen molar-refractivity contribution in [3.05, 3.63) is 56.7 Å². The van der Waals surface area contributed by atoms with Crippen LogP contribution in [-0.2, 0) is 6.54 Å². The van der Waals surface area contributed by atoms with E-state index in [1.54, 1.807) is 12.1 Å². The van der Waals surface area contributed by atoms with E-state index in [9.17, 15) is 4.39 Å². The van der Waals surface area contributed by atoms with Crippen LogP contribution in [-0.4, -0.2) is 6.54 Å². The summed E-state index contributed by atoms with van der Waals surface area (Å²) in [6.07, 6.45) is 0. The van der Waals surface area contributed by atoms with Crippen molar-refractivity contribution in [1.82, 2.24) is 5.32 Å². The van der Waals surface area contributed by atoms with E-state index in [2.05, 4.69) is 37.2 Å². The van der Waals surface area contributed by atoms with Crippen LogP contribution in [0.5, 0.6) is 11.5 Å². The summed E-state index contributed by atoms with van der Waals surface area (Å²) in [6, 6.07) is 10.5. The molecule has 5 heteroatoms.